The van der Waals surface area contributed by atoms with Gasteiger partial charge in [0.15, 0.2) is 0 Å². The first-order valence-corrected chi connectivity index (χ1v) is 8.69. The molecule has 0 saturated carbocycles. The number of hydrogen-bond acceptors (Lipinski definition) is 4. The molecule has 120 valence electrons. The number of hydrogen-bond donors (Lipinski definition) is 0. The second-order valence-corrected chi connectivity index (χ2v) is 6.72. The fourth-order valence-electron chi connectivity index (χ4n) is 3.10. The minimum absolute atomic E-state index is 0.0123. The number of ether oxygens (including phenoxy) is 1. The van der Waals surface area contributed by atoms with Gasteiger partial charge in [0.1, 0.15) is 0 Å². The minimum Gasteiger partial charge on any atom is -0.469 e. The van der Waals surface area contributed by atoms with E-state index in [0.717, 1.165) is 21.9 Å². The lowest BCUT2D eigenvalue weighted by atomic mass is 10.1. The molecule has 1 unspecified atom stereocenters. The average molecular weight is 329 g/mol. The van der Waals surface area contributed by atoms with Crippen LogP contribution >= 0.6 is 11.8 Å². The molecule has 4 nitrogen and oxygen atoms in total. The molecule has 23 heavy (non-hydrogen) atoms. The number of carbonyl (C=O) groups is 2. The van der Waals surface area contributed by atoms with Gasteiger partial charge in [0.05, 0.1) is 18.7 Å². The third kappa shape index (κ3) is 2.81. The van der Waals surface area contributed by atoms with Crippen LogP contribution in [-0.4, -0.2) is 29.2 Å². The summed E-state index contributed by atoms with van der Waals surface area (Å²) in [4.78, 5) is 25.8. The van der Waals surface area contributed by atoms with Crippen LogP contribution in [-0.2, 0) is 16.1 Å². The molecule has 1 aliphatic rings. The van der Waals surface area contributed by atoms with Crippen LogP contribution in [0.5, 0.6) is 0 Å². The Bertz CT molecular complexity index is 750. The van der Waals surface area contributed by atoms with Crippen molar-refractivity contribution in [3.05, 3.63) is 53.3 Å². The summed E-state index contributed by atoms with van der Waals surface area (Å²) < 4.78 is 6.81. The molecule has 2 heterocycles. The normalized spacial score (nSPS) is 16.2. The van der Waals surface area contributed by atoms with E-state index in [1.807, 2.05) is 41.0 Å². The van der Waals surface area contributed by atoms with Gasteiger partial charge in [-0.1, -0.05) is 19.1 Å². The second kappa shape index (κ2) is 6.62. The molecule has 0 bridgehead atoms. The van der Waals surface area contributed by atoms with Gasteiger partial charge in [-0.25, -0.2) is 0 Å². The number of esters is 1. The maximum absolute atomic E-state index is 13.0. The summed E-state index contributed by atoms with van der Waals surface area (Å²) in [5.74, 6) is 0.434. The van der Waals surface area contributed by atoms with Crippen molar-refractivity contribution in [2.24, 2.45) is 0 Å². The molecule has 1 aliphatic heterocycles. The van der Waals surface area contributed by atoms with E-state index in [1.165, 1.54) is 7.11 Å². The fourth-order valence-corrected chi connectivity index (χ4v) is 3.90. The molecule has 0 fully saturated rings. The molecule has 2 aromatic rings. The molecule has 0 amide bonds. The first-order chi connectivity index (χ1) is 11.2. The quantitative estimate of drug-likeness (QED) is 0.479. The number of fused-ring (bicyclic) bond motifs is 1. The Hall–Kier alpha value is -2.01. The molecular formula is C18H19NO3S. The number of aromatic nitrogens is 1. The van der Waals surface area contributed by atoms with Crippen molar-refractivity contribution in [1.82, 2.24) is 4.57 Å². The van der Waals surface area contributed by atoms with E-state index in [0.29, 0.717) is 18.7 Å². The Morgan fingerprint density at radius 2 is 2.04 bits per heavy atom. The first kappa shape index (κ1) is 15.9. The molecule has 5 heteroatoms. The van der Waals surface area contributed by atoms with E-state index in [2.05, 4.69) is 6.92 Å². The van der Waals surface area contributed by atoms with Crippen LogP contribution in [0.3, 0.4) is 0 Å². The number of nitrogens with zero attached hydrogens (tertiary/aromatic N) is 1. The third-order valence-electron chi connectivity index (χ3n) is 4.16. The van der Waals surface area contributed by atoms with E-state index in [-0.39, 0.29) is 17.7 Å². The molecule has 1 aromatic heterocycles. The standard InChI is InChI=1S/C18H19NO3S/c1-3-23-16-7-5-4-6-13(16)17(20)15-9-8-14-12(18(21)22-2)10-11-19(14)15/h4-9,12H,3,10-11H2,1-2H3. The summed E-state index contributed by atoms with van der Waals surface area (Å²) >= 11 is 1.67. The number of benzene rings is 1. The van der Waals surface area contributed by atoms with Gasteiger partial charge in [0.25, 0.3) is 0 Å². The topological polar surface area (TPSA) is 48.3 Å². The Balaban J connectivity index is 1.96. The molecular weight excluding hydrogens is 310 g/mol. The van der Waals surface area contributed by atoms with Crippen molar-refractivity contribution in [3.63, 3.8) is 0 Å². The van der Waals surface area contributed by atoms with Crippen LogP contribution in [0.25, 0.3) is 0 Å². The van der Waals surface area contributed by atoms with Crippen molar-refractivity contribution in [2.75, 3.05) is 12.9 Å². The number of carbonyl (C=O) groups excluding carboxylic acids is 2. The molecule has 1 atom stereocenters. The summed E-state index contributed by atoms with van der Waals surface area (Å²) in [7, 11) is 1.40. The summed E-state index contributed by atoms with van der Waals surface area (Å²) in [5, 5.41) is 0. The molecule has 3 rings (SSSR count). The van der Waals surface area contributed by atoms with Crippen LogP contribution < -0.4 is 0 Å². The molecule has 0 saturated heterocycles. The zero-order chi connectivity index (χ0) is 16.4. The molecule has 0 aliphatic carbocycles. The molecule has 0 spiro atoms. The van der Waals surface area contributed by atoms with Crippen LogP contribution in [0.1, 0.15) is 41.0 Å². The van der Waals surface area contributed by atoms with Gasteiger partial charge in [0.2, 0.25) is 5.78 Å². The summed E-state index contributed by atoms with van der Waals surface area (Å²) in [6.45, 7) is 2.74. The molecule has 0 N–H and O–H groups in total. The van der Waals surface area contributed by atoms with Gasteiger partial charge < -0.3 is 9.30 Å². The van der Waals surface area contributed by atoms with Gasteiger partial charge in [-0.3, -0.25) is 9.59 Å². The zero-order valence-corrected chi connectivity index (χ0v) is 14.1. The Kier molecular flexibility index (Phi) is 4.57. The van der Waals surface area contributed by atoms with Crippen LogP contribution in [0, 0.1) is 0 Å². The number of methoxy groups -OCH3 is 1. The smallest absolute Gasteiger partial charge is 0.314 e. The molecule has 1 aromatic carbocycles. The third-order valence-corrected chi connectivity index (χ3v) is 5.12. The first-order valence-electron chi connectivity index (χ1n) is 7.71. The lowest BCUT2D eigenvalue weighted by Gasteiger charge is -2.09. The fraction of sp³-hybridized carbons (Fsp3) is 0.333. The summed E-state index contributed by atoms with van der Waals surface area (Å²) in [6, 6.07) is 11.4. The van der Waals surface area contributed by atoms with E-state index in [9.17, 15) is 9.59 Å². The Morgan fingerprint density at radius 1 is 1.26 bits per heavy atom. The SMILES string of the molecule is CCSc1ccccc1C(=O)c1ccc2n1CCC2C(=O)OC. The van der Waals surface area contributed by atoms with Gasteiger partial charge in [0, 0.05) is 22.7 Å². The van der Waals surface area contributed by atoms with Gasteiger partial charge >= 0.3 is 5.97 Å². The predicted octanol–water partition coefficient (Wildman–Crippen LogP) is 3.49. The van der Waals surface area contributed by atoms with Gasteiger partial charge in [-0.15, -0.1) is 11.8 Å². The van der Waals surface area contributed by atoms with Crippen molar-refractivity contribution in [2.45, 2.75) is 30.7 Å². The van der Waals surface area contributed by atoms with Crippen molar-refractivity contribution >= 4 is 23.5 Å². The van der Waals surface area contributed by atoms with Crippen LogP contribution in [0.2, 0.25) is 0 Å². The highest BCUT2D eigenvalue weighted by Crippen LogP contribution is 2.33. The van der Waals surface area contributed by atoms with Crippen molar-refractivity contribution in [3.8, 4) is 0 Å². The van der Waals surface area contributed by atoms with E-state index >= 15 is 0 Å². The second-order valence-electron chi connectivity index (χ2n) is 5.42. The lowest BCUT2D eigenvalue weighted by Crippen LogP contribution is -2.12. The summed E-state index contributed by atoms with van der Waals surface area (Å²) in [5.41, 5.74) is 2.25. The van der Waals surface area contributed by atoms with Gasteiger partial charge in [-0.2, -0.15) is 0 Å². The van der Waals surface area contributed by atoms with E-state index < -0.39 is 0 Å². The number of thioether (sulfide) groups is 1. The van der Waals surface area contributed by atoms with E-state index in [1.54, 1.807) is 11.8 Å². The van der Waals surface area contributed by atoms with Crippen molar-refractivity contribution < 1.29 is 14.3 Å². The molecule has 0 radical (unpaired) electrons. The van der Waals surface area contributed by atoms with Crippen molar-refractivity contribution in [1.29, 1.82) is 0 Å². The maximum Gasteiger partial charge on any atom is 0.314 e. The monoisotopic (exact) mass is 329 g/mol. The van der Waals surface area contributed by atoms with E-state index in [4.69, 9.17) is 4.74 Å². The van der Waals surface area contributed by atoms with Crippen LogP contribution in [0.4, 0.5) is 0 Å². The minimum atomic E-state index is -0.262. The average Bonchev–Trinajstić information content (AvgIpc) is 3.16. The highest BCUT2D eigenvalue weighted by molar-refractivity contribution is 7.99. The Labute approximate surface area is 139 Å². The highest BCUT2D eigenvalue weighted by atomic mass is 32.2. The highest BCUT2D eigenvalue weighted by Gasteiger charge is 2.32. The Morgan fingerprint density at radius 3 is 2.78 bits per heavy atom. The lowest BCUT2D eigenvalue weighted by molar-refractivity contribution is -0.142. The number of ketones is 1. The van der Waals surface area contributed by atoms with Gasteiger partial charge in [-0.05, 0) is 36.4 Å². The van der Waals surface area contributed by atoms with Crippen LogP contribution in [0.15, 0.2) is 41.3 Å². The largest absolute Gasteiger partial charge is 0.469 e. The summed E-state index contributed by atoms with van der Waals surface area (Å²) in [6.07, 6.45) is 0.689. The zero-order valence-electron chi connectivity index (χ0n) is 13.2. The maximum atomic E-state index is 13.0. The number of rotatable bonds is 5. The predicted molar refractivity (Wildman–Crippen MR) is 90.1 cm³/mol.